The van der Waals surface area contributed by atoms with E-state index in [1.807, 2.05) is 6.07 Å². The highest BCUT2D eigenvalue weighted by Crippen LogP contribution is 2.49. The van der Waals surface area contributed by atoms with E-state index in [-0.39, 0.29) is 17.3 Å². The van der Waals surface area contributed by atoms with Gasteiger partial charge in [-0.2, -0.15) is 0 Å². The van der Waals surface area contributed by atoms with Crippen LogP contribution in [0.4, 0.5) is 4.39 Å². The summed E-state index contributed by atoms with van der Waals surface area (Å²) < 4.78 is 19.6. The van der Waals surface area contributed by atoms with Crippen LogP contribution in [0.25, 0.3) is 0 Å². The van der Waals surface area contributed by atoms with Gasteiger partial charge in [-0.15, -0.1) is 0 Å². The first-order valence-electron chi connectivity index (χ1n) is 7.32. The second kappa shape index (κ2) is 5.91. The lowest BCUT2D eigenvalue weighted by Gasteiger charge is -2.55. The highest BCUT2D eigenvalue weighted by molar-refractivity contribution is 5.25. The molecule has 0 heterocycles. The number of benzene rings is 1. The molecular weight excluding hydrogens is 241 g/mol. The van der Waals surface area contributed by atoms with E-state index < -0.39 is 0 Å². The van der Waals surface area contributed by atoms with E-state index in [9.17, 15) is 4.39 Å². The van der Waals surface area contributed by atoms with Crippen LogP contribution in [0.15, 0.2) is 24.3 Å². The van der Waals surface area contributed by atoms with Gasteiger partial charge >= 0.3 is 0 Å². The van der Waals surface area contributed by atoms with Gasteiger partial charge in [0, 0.05) is 17.9 Å². The van der Waals surface area contributed by atoms with E-state index >= 15 is 0 Å². The summed E-state index contributed by atoms with van der Waals surface area (Å²) in [5.74, 6) is 0.115. The number of nitrogens with one attached hydrogen (secondary N) is 1. The highest BCUT2D eigenvalue weighted by atomic mass is 19.1. The number of ether oxygens (including phenoxy) is 1. The van der Waals surface area contributed by atoms with Crippen molar-refractivity contribution in [3.05, 3.63) is 30.1 Å². The first-order chi connectivity index (χ1) is 9.17. The van der Waals surface area contributed by atoms with Crippen LogP contribution in [-0.4, -0.2) is 18.7 Å². The van der Waals surface area contributed by atoms with Gasteiger partial charge in [-0.1, -0.05) is 32.9 Å². The van der Waals surface area contributed by atoms with Crippen molar-refractivity contribution in [2.75, 3.05) is 6.54 Å². The molecule has 1 aliphatic carbocycles. The summed E-state index contributed by atoms with van der Waals surface area (Å²) in [7, 11) is 0. The molecule has 1 N–H and O–H groups in total. The van der Waals surface area contributed by atoms with Crippen LogP contribution in [-0.2, 0) is 0 Å². The van der Waals surface area contributed by atoms with E-state index in [1.54, 1.807) is 12.1 Å². The molecule has 0 saturated heterocycles. The zero-order valence-corrected chi connectivity index (χ0v) is 12.1. The van der Waals surface area contributed by atoms with Crippen LogP contribution >= 0.6 is 0 Å². The molecule has 1 saturated carbocycles. The summed E-state index contributed by atoms with van der Waals surface area (Å²) >= 11 is 0. The fraction of sp³-hybridized carbons (Fsp3) is 0.625. The number of hydrogen-bond donors (Lipinski definition) is 1. The van der Waals surface area contributed by atoms with E-state index in [0.717, 1.165) is 25.8 Å². The Morgan fingerprint density at radius 2 is 1.95 bits per heavy atom. The Balaban J connectivity index is 2.11. The van der Waals surface area contributed by atoms with Gasteiger partial charge in [-0.25, -0.2) is 4.39 Å². The van der Waals surface area contributed by atoms with Gasteiger partial charge in [0.1, 0.15) is 6.10 Å². The first-order valence-corrected chi connectivity index (χ1v) is 7.32. The molecule has 1 fully saturated rings. The summed E-state index contributed by atoms with van der Waals surface area (Å²) in [6.45, 7) is 7.50. The number of para-hydroxylation sites is 1. The molecule has 2 rings (SSSR count). The summed E-state index contributed by atoms with van der Waals surface area (Å²) in [5.41, 5.74) is 0.137. The molecule has 2 atom stereocenters. The minimum atomic E-state index is -0.268. The molecule has 19 heavy (non-hydrogen) atoms. The zero-order chi connectivity index (χ0) is 13.9. The largest absolute Gasteiger partial charge is 0.487 e. The second-order valence-electron chi connectivity index (χ2n) is 5.32. The summed E-state index contributed by atoms with van der Waals surface area (Å²) in [6.07, 6.45) is 3.19. The Labute approximate surface area is 115 Å². The van der Waals surface area contributed by atoms with Crippen LogP contribution in [0.1, 0.15) is 40.0 Å². The lowest BCUT2D eigenvalue weighted by Crippen LogP contribution is -2.64. The molecule has 1 aromatic rings. The number of halogens is 1. The molecule has 2 nitrogen and oxygen atoms in total. The Hall–Kier alpha value is -1.09. The fourth-order valence-corrected chi connectivity index (χ4v) is 3.34. The quantitative estimate of drug-likeness (QED) is 0.845. The van der Waals surface area contributed by atoms with E-state index in [1.165, 1.54) is 6.07 Å². The van der Waals surface area contributed by atoms with Gasteiger partial charge < -0.3 is 10.1 Å². The maximum absolute atomic E-state index is 13.7. The second-order valence-corrected chi connectivity index (χ2v) is 5.32. The molecule has 106 valence electrons. The van der Waals surface area contributed by atoms with Crippen LogP contribution in [0, 0.1) is 11.2 Å². The summed E-state index contributed by atoms with van der Waals surface area (Å²) in [6, 6.07) is 7.17. The van der Waals surface area contributed by atoms with Crippen LogP contribution in [0.2, 0.25) is 0 Å². The van der Waals surface area contributed by atoms with Crippen LogP contribution < -0.4 is 10.1 Å². The van der Waals surface area contributed by atoms with E-state index in [0.29, 0.717) is 11.8 Å². The van der Waals surface area contributed by atoms with Gasteiger partial charge in [-0.05, 0) is 31.5 Å². The van der Waals surface area contributed by atoms with Crippen molar-refractivity contribution in [2.45, 2.75) is 52.2 Å². The predicted molar refractivity (Wildman–Crippen MR) is 75.9 cm³/mol. The summed E-state index contributed by atoms with van der Waals surface area (Å²) in [4.78, 5) is 0. The van der Waals surface area contributed by atoms with Gasteiger partial charge in [0.15, 0.2) is 11.6 Å². The Morgan fingerprint density at radius 1 is 1.26 bits per heavy atom. The maximum Gasteiger partial charge on any atom is 0.165 e. The standard InChI is InChI=1S/C16H24FNO/c1-4-16(5-2)14(18-6-3)11-15(16)19-13-10-8-7-9-12(13)17/h7-10,14-15,18H,4-6,11H2,1-3H3. The topological polar surface area (TPSA) is 21.3 Å². The number of rotatable bonds is 6. The van der Waals surface area contributed by atoms with Crippen molar-refractivity contribution in [1.82, 2.24) is 5.32 Å². The molecule has 0 radical (unpaired) electrons. The van der Waals surface area contributed by atoms with Crippen molar-refractivity contribution >= 4 is 0 Å². The normalized spacial score (nSPS) is 24.8. The Morgan fingerprint density at radius 3 is 2.53 bits per heavy atom. The van der Waals surface area contributed by atoms with Gasteiger partial charge in [0.05, 0.1) is 0 Å². The SMILES string of the molecule is CCNC1CC(Oc2ccccc2F)C1(CC)CC. The average Bonchev–Trinajstić information content (AvgIpc) is 2.41. The fourth-order valence-electron chi connectivity index (χ4n) is 3.34. The van der Waals surface area contributed by atoms with Crippen molar-refractivity contribution in [1.29, 1.82) is 0 Å². The lowest BCUT2D eigenvalue weighted by atomic mass is 9.58. The van der Waals surface area contributed by atoms with E-state index in [4.69, 9.17) is 4.74 Å². The third kappa shape index (κ3) is 2.48. The third-order valence-electron chi connectivity index (χ3n) is 4.66. The Kier molecular flexibility index (Phi) is 4.46. The van der Waals surface area contributed by atoms with Crippen molar-refractivity contribution in [3.63, 3.8) is 0 Å². The minimum Gasteiger partial charge on any atom is -0.487 e. The molecule has 2 unspecified atom stereocenters. The predicted octanol–water partition coefficient (Wildman–Crippen LogP) is 3.76. The van der Waals surface area contributed by atoms with Gasteiger partial charge in [0.25, 0.3) is 0 Å². The molecule has 1 aliphatic rings. The molecule has 0 aliphatic heterocycles. The van der Waals surface area contributed by atoms with Crippen molar-refractivity contribution in [3.8, 4) is 5.75 Å². The molecule has 0 spiro atoms. The zero-order valence-electron chi connectivity index (χ0n) is 12.1. The maximum atomic E-state index is 13.7. The smallest absolute Gasteiger partial charge is 0.165 e. The van der Waals surface area contributed by atoms with Crippen molar-refractivity contribution < 1.29 is 9.13 Å². The van der Waals surface area contributed by atoms with Gasteiger partial charge in [0.2, 0.25) is 0 Å². The number of hydrogen-bond acceptors (Lipinski definition) is 2. The summed E-state index contributed by atoms with van der Waals surface area (Å²) in [5, 5.41) is 3.53. The molecular formula is C16H24FNO. The molecule has 0 aromatic heterocycles. The first kappa shape index (κ1) is 14.3. The van der Waals surface area contributed by atoms with Gasteiger partial charge in [-0.3, -0.25) is 0 Å². The molecule has 0 amide bonds. The van der Waals surface area contributed by atoms with Crippen LogP contribution in [0.5, 0.6) is 5.75 Å². The molecule has 1 aromatic carbocycles. The van der Waals surface area contributed by atoms with Crippen LogP contribution in [0.3, 0.4) is 0 Å². The lowest BCUT2D eigenvalue weighted by molar-refractivity contribution is -0.0868. The van der Waals surface area contributed by atoms with Crippen molar-refractivity contribution in [2.24, 2.45) is 5.41 Å². The van der Waals surface area contributed by atoms with E-state index in [2.05, 4.69) is 26.1 Å². The molecule has 0 bridgehead atoms. The monoisotopic (exact) mass is 265 g/mol. The minimum absolute atomic E-state index is 0.114. The Bertz CT molecular complexity index is 417. The third-order valence-corrected chi connectivity index (χ3v) is 4.66. The average molecular weight is 265 g/mol. The molecule has 3 heteroatoms. The highest BCUT2D eigenvalue weighted by Gasteiger charge is 2.54.